The average molecular weight is 272 g/mol. The molecule has 0 saturated carbocycles. The van der Waals surface area contributed by atoms with Gasteiger partial charge in [0.05, 0.1) is 11.4 Å². The molecule has 0 bridgehead atoms. The summed E-state index contributed by atoms with van der Waals surface area (Å²) in [7, 11) is 0. The molecule has 0 atom stereocenters. The Morgan fingerprint density at radius 2 is 2.21 bits per heavy atom. The number of thiazole rings is 1. The molecule has 0 spiro atoms. The smallest absolute Gasteiger partial charge is 0.190 e. The van der Waals surface area contributed by atoms with Crippen LogP contribution in [0.5, 0.6) is 0 Å². The molecular weight excluding hydrogens is 256 g/mol. The van der Waals surface area contributed by atoms with E-state index in [-0.39, 0.29) is 5.43 Å². The zero-order valence-corrected chi connectivity index (χ0v) is 11.9. The fourth-order valence-electron chi connectivity index (χ4n) is 1.71. The average Bonchev–Trinajstić information content (AvgIpc) is 2.83. The lowest BCUT2D eigenvalue weighted by Crippen LogP contribution is -2.39. The molecule has 2 aromatic heterocycles. The number of nitrogens with one attached hydrogen (secondary N) is 1. The lowest BCUT2D eigenvalue weighted by atomic mass is 10.2. The van der Waals surface area contributed by atoms with Crippen molar-refractivity contribution in [2.45, 2.75) is 19.8 Å². The molecular formula is C15H16N2OS. The van der Waals surface area contributed by atoms with Crippen molar-refractivity contribution in [2.24, 2.45) is 0 Å². The molecule has 2 rings (SSSR count). The molecule has 19 heavy (non-hydrogen) atoms. The molecule has 2 aromatic rings. The van der Waals surface area contributed by atoms with Crippen molar-refractivity contribution in [1.82, 2.24) is 9.97 Å². The summed E-state index contributed by atoms with van der Waals surface area (Å²) < 4.78 is 0. The van der Waals surface area contributed by atoms with Crippen LogP contribution in [0.4, 0.5) is 0 Å². The van der Waals surface area contributed by atoms with Crippen molar-refractivity contribution in [3.05, 3.63) is 50.6 Å². The maximum absolute atomic E-state index is 12.0. The molecule has 1 N–H and O–H groups in total. The van der Waals surface area contributed by atoms with Gasteiger partial charge in [0.25, 0.3) is 0 Å². The van der Waals surface area contributed by atoms with Gasteiger partial charge in [-0.2, -0.15) is 0 Å². The highest BCUT2D eigenvalue weighted by atomic mass is 32.1. The van der Waals surface area contributed by atoms with Gasteiger partial charge in [-0.05, 0) is 12.0 Å². The number of aromatic nitrogens is 2. The quantitative estimate of drug-likeness (QED) is 0.929. The van der Waals surface area contributed by atoms with Gasteiger partial charge in [0, 0.05) is 22.0 Å². The van der Waals surface area contributed by atoms with E-state index in [0.29, 0.717) is 22.2 Å². The lowest BCUT2D eigenvalue weighted by molar-refractivity contribution is 0.833. The van der Waals surface area contributed by atoms with Gasteiger partial charge >= 0.3 is 0 Å². The van der Waals surface area contributed by atoms with Gasteiger partial charge in [0.2, 0.25) is 0 Å². The Balaban J connectivity index is 2.58. The number of rotatable bonds is 3. The molecule has 0 aliphatic rings. The van der Waals surface area contributed by atoms with Crippen molar-refractivity contribution in [1.29, 1.82) is 0 Å². The Hall–Kier alpha value is -1.94. The minimum absolute atomic E-state index is 0.0695. The summed E-state index contributed by atoms with van der Waals surface area (Å²) in [5.41, 5.74) is 1.68. The van der Waals surface area contributed by atoms with Gasteiger partial charge in [0.1, 0.15) is 5.01 Å². The van der Waals surface area contributed by atoms with Crippen molar-refractivity contribution in [3.63, 3.8) is 0 Å². The maximum Gasteiger partial charge on any atom is 0.190 e. The topological polar surface area (TPSA) is 45.8 Å². The van der Waals surface area contributed by atoms with Crippen LogP contribution in [0.2, 0.25) is 0 Å². The van der Waals surface area contributed by atoms with E-state index >= 15 is 0 Å². The summed E-state index contributed by atoms with van der Waals surface area (Å²) in [4.78, 5) is 19.7. The van der Waals surface area contributed by atoms with Crippen LogP contribution >= 0.6 is 11.3 Å². The van der Waals surface area contributed by atoms with Crippen LogP contribution in [0, 0.1) is 0 Å². The SMILES string of the molecule is C=CC=c1c(=O)cc(-c2nc(C(C)C)cs2)[nH]c1=C. The molecule has 0 radical (unpaired) electrons. The van der Waals surface area contributed by atoms with E-state index in [1.807, 2.05) is 5.38 Å². The fourth-order valence-corrected chi connectivity index (χ4v) is 2.67. The summed E-state index contributed by atoms with van der Waals surface area (Å²) in [6.45, 7) is 11.7. The predicted octanol–water partition coefficient (Wildman–Crippen LogP) is 2.00. The molecule has 0 aromatic carbocycles. The van der Waals surface area contributed by atoms with Crippen LogP contribution in [0.15, 0.2) is 28.9 Å². The van der Waals surface area contributed by atoms with Gasteiger partial charge in [-0.15, -0.1) is 11.3 Å². The third kappa shape index (κ3) is 2.74. The largest absolute Gasteiger partial charge is 0.353 e. The summed E-state index contributed by atoms with van der Waals surface area (Å²) in [5.74, 6) is 0.379. The second-order valence-electron chi connectivity index (χ2n) is 4.57. The Kier molecular flexibility index (Phi) is 3.81. The van der Waals surface area contributed by atoms with Gasteiger partial charge < -0.3 is 4.98 Å². The number of aromatic amines is 1. The first-order valence-electron chi connectivity index (χ1n) is 6.03. The van der Waals surface area contributed by atoms with E-state index in [2.05, 4.69) is 37.0 Å². The number of H-pyrrole nitrogens is 1. The van der Waals surface area contributed by atoms with Crippen LogP contribution in [0.3, 0.4) is 0 Å². The van der Waals surface area contributed by atoms with E-state index in [0.717, 1.165) is 10.7 Å². The first-order valence-corrected chi connectivity index (χ1v) is 6.91. The van der Waals surface area contributed by atoms with Gasteiger partial charge in [0.15, 0.2) is 5.43 Å². The molecule has 4 heteroatoms. The second-order valence-corrected chi connectivity index (χ2v) is 5.43. The monoisotopic (exact) mass is 272 g/mol. The van der Waals surface area contributed by atoms with E-state index in [1.54, 1.807) is 18.2 Å². The number of nitrogens with zero attached hydrogens (tertiary/aromatic N) is 1. The summed E-state index contributed by atoms with van der Waals surface area (Å²) in [6.07, 6.45) is 3.24. The highest BCUT2D eigenvalue weighted by Crippen LogP contribution is 2.23. The van der Waals surface area contributed by atoms with Crippen molar-refractivity contribution in [3.8, 4) is 10.7 Å². The molecule has 2 heterocycles. The molecule has 0 saturated heterocycles. The molecule has 98 valence electrons. The zero-order chi connectivity index (χ0) is 14.0. The number of hydrogen-bond acceptors (Lipinski definition) is 3. The molecule has 0 aliphatic carbocycles. The van der Waals surface area contributed by atoms with E-state index in [1.165, 1.54) is 11.3 Å². The summed E-state index contributed by atoms with van der Waals surface area (Å²) >= 11 is 1.53. The van der Waals surface area contributed by atoms with Crippen molar-refractivity contribution < 1.29 is 0 Å². The van der Waals surface area contributed by atoms with Gasteiger partial charge in [-0.3, -0.25) is 4.79 Å². The Labute approximate surface area is 115 Å². The normalized spacial score (nSPS) is 12.1. The standard InChI is InChI=1S/C15H16N2OS/c1-5-6-11-10(4)16-12(7-14(11)18)15-17-13(8-19-15)9(2)3/h5-9,16H,1,4H2,2-3H3. The summed E-state index contributed by atoms with van der Waals surface area (Å²) in [6, 6.07) is 1.56. The minimum Gasteiger partial charge on any atom is -0.353 e. The summed E-state index contributed by atoms with van der Waals surface area (Å²) in [5, 5.41) is 3.96. The second kappa shape index (κ2) is 5.36. The van der Waals surface area contributed by atoms with E-state index in [9.17, 15) is 4.79 Å². The molecule has 0 unspecified atom stereocenters. The Bertz CT molecular complexity index is 734. The van der Waals surface area contributed by atoms with Crippen LogP contribution in [-0.4, -0.2) is 9.97 Å². The first-order chi connectivity index (χ1) is 9.02. The van der Waals surface area contributed by atoms with Crippen LogP contribution in [-0.2, 0) is 0 Å². The Morgan fingerprint density at radius 3 is 2.74 bits per heavy atom. The fraction of sp³-hybridized carbons (Fsp3) is 0.200. The van der Waals surface area contributed by atoms with Crippen molar-refractivity contribution >= 4 is 24.0 Å². The van der Waals surface area contributed by atoms with E-state index in [4.69, 9.17) is 0 Å². The first kappa shape index (κ1) is 13.5. The van der Waals surface area contributed by atoms with Crippen LogP contribution < -0.4 is 16.0 Å². The highest BCUT2D eigenvalue weighted by molar-refractivity contribution is 7.13. The van der Waals surface area contributed by atoms with Gasteiger partial charge in [-0.1, -0.05) is 33.1 Å². The minimum atomic E-state index is -0.0695. The third-order valence-corrected chi connectivity index (χ3v) is 3.67. The third-order valence-electron chi connectivity index (χ3n) is 2.78. The van der Waals surface area contributed by atoms with Crippen LogP contribution in [0.25, 0.3) is 23.4 Å². The highest BCUT2D eigenvalue weighted by Gasteiger charge is 2.08. The number of allylic oxidation sites excluding steroid dienone is 1. The lowest BCUT2D eigenvalue weighted by Gasteiger charge is -1.99. The van der Waals surface area contributed by atoms with Crippen LogP contribution in [0.1, 0.15) is 25.5 Å². The zero-order valence-electron chi connectivity index (χ0n) is 11.1. The van der Waals surface area contributed by atoms with Gasteiger partial charge in [-0.25, -0.2) is 4.98 Å². The van der Waals surface area contributed by atoms with Crippen molar-refractivity contribution in [2.75, 3.05) is 0 Å². The maximum atomic E-state index is 12.0. The molecule has 0 amide bonds. The van der Waals surface area contributed by atoms with E-state index < -0.39 is 0 Å². The number of pyridine rings is 1. The number of hydrogen-bond donors (Lipinski definition) is 1. The Morgan fingerprint density at radius 1 is 1.47 bits per heavy atom. The molecule has 0 aliphatic heterocycles. The molecule has 3 nitrogen and oxygen atoms in total. The molecule has 0 fully saturated rings. The predicted molar refractivity (Wildman–Crippen MR) is 81.7 cm³/mol.